The average molecular weight is 423 g/mol. The molecule has 0 aliphatic carbocycles. The Kier molecular flexibility index (Phi) is 6.15. The summed E-state index contributed by atoms with van der Waals surface area (Å²) >= 11 is 6.13. The lowest BCUT2D eigenvalue weighted by Crippen LogP contribution is -2.42. The predicted molar refractivity (Wildman–Crippen MR) is 114 cm³/mol. The molecule has 0 bridgehead atoms. The van der Waals surface area contributed by atoms with Gasteiger partial charge in [0.1, 0.15) is 19.0 Å². The standard InChI is InChI=1S/C23H19ClN2O4/c24-19-6-2-1-5-17(19)14-28-18-11-9-16(10-12-18)13-25-26-23(27)22-15-29-20-7-3-4-8-21(20)30-22/h1-13,22H,14-15H2,(H,26,27)/b25-13-/t22-/m1/s1. The quantitative estimate of drug-likeness (QED) is 0.477. The number of nitrogens with one attached hydrogen (secondary N) is 1. The van der Waals surface area contributed by atoms with Crippen LogP contribution in [0.2, 0.25) is 5.02 Å². The molecular formula is C23H19ClN2O4. The van der Waals surface area contributed by atoms with Gasteiger partial charge in [-0.1, -0.05) is 41.9 Å². The van der Waals surface area contributed by atoms with Crippen LogP contribution in [0.1, 0.15) is 11.1 Å². The summed E-state index contributed by atoms with van der Waals surface area (Å²) < 4.78 is 16.9. The molecule has 0 fully saturated rings. The Morgan fingerprint density at radius 1 is 1.07 bits per heavy atom. The Balaban J connectivity index is 1.27. The maximum Gasteiger partial charge on any atom is 0.284 e. The number of rotatable bonds is 6. The molecule has 0 spiro atoms. The summed E-state index contributed by atoms with van der Waals surface area (Å²) in [6, 6.07) is 22.1. The van der Waals surface area contributed by atoms with Crippen LogP contribution >= 0.6 is 11.6 Å². The first-order valence-electron chi connectivity index (χ1n) is 9.37. The zero-order valence-electron chi connectivity index (χ0n) is 16.0. The number of amides is 1. The summed E-state index contributed by atoms with van der Waals surface area (Å²) in [7, 11) is 0. The van der Waals surface area contributed by atoms with E-state index < -0.39 is 6.10 Å². The van der Waals surface area contributed by atoms with Gasteiger partial charge in [0, 0.05) is 10.6 Å². The van der Waals surface area contributed by atoms with Crippen LogP contribution in [0.3, 0.4) is 0 Å². The third-order valence-electron chi connectivity index (χ3n) is 4.42. The van der Waals surface area contributed by atoms with Crippen molar-refractivity contribution in [1.29, 1.82) is 0 Å². The molecule has 1 atom stereocenters. The lowest BCUT2D eigenvalue weighted by molar-refractivity contribution is -0.130. The molecule has 7 heteroatoms. The number of para-hydroxylation sites is 2. The van der Waals surface area contributed by atoms with Crippen LogP contribution < -0.4 is 19.6 Å². The molecule has 30 heavy (non-hydrogen) atoms. The molecule has 1 aliphatic rings. The van der Waals surface area contributed by atoms with E-state index in [-0.39, 0.29) is 12.5 Å². The van der Waals surface area contributed by atoms with Gasteiger partial charge in [0.25, 0.3) is 5.91 Å². The van der Waals surface area contributed by atoms with Crippen molar-refractivity contribution < 1.29 is 19.0 Å². The van der Waals surface area contributed by atoms with E-state index in [2.05, 4.69) is 10.5 Å². The smallest absolute Gasteiger partial charge is 0.284 e. The minimum absolute atomic E-state index is 0.135. The molecule has 1 N–H and O–H groups in total. The molecule has 1 amide bonds. The Hall–Kier alpha value is -3.51. The summed E-state index contributed by atoms with van der Waals surface area (Å²) in [6.07, 6.45) is 0.797. The molecule has 0 unspecified atom stereocenters. The molecule has 0 radical (unpaired) electrons. The lowest BCUT2D eigenvalue weighted by atomic mass is 10.2. The molecule has 0 saturated heterocycles. The van der Waals surface area contributed by atoms with Gasteiger partial charge in [0.2, 0.25) is 6.10 Å². The highest BCUT2D eigenvalue weighted by atomic mass is 35.5. The number of fused-ring (bicyclic) bond motifs is 1. The van der Waals surface area contributed by atoms with Crippen molar-refractivity contribution in [2.45, 2.75) is 12.7 Å². The summed E-state index contributed by atoms with van der Waals surface area (Å²) in [6.45, 7) is 0.519. The van der Waals surface area contributed by atoms with Gasteiger partial charge in [-0.3, -0.25) is 4.79 Å². The van der Waals surface area contributed by atoms with E-state index in [1.807, 2.05) is 60.7 Å². The zero-order chi connectivity index (χ0) is 20.8. The molecule has 152 valence electrons. The Labute approximate surface area is 179 Å². The minimum Gasteiger partial charge on any atom is -0.489 e. The van der Waals surface area contributed by atoms with Gasteiger partial charge < -0.3 is 14.2 Å². The van der Waals surface area contributed by atoms with Crippen LogP contribution in [0.5, 0.6) is 17.2 Å². The molecule has 0 saturated carbocycles. The maximum atomic E-state index is 12.2. The van der Waals surface area contributed by atoms with Crippen molar-refractivity contribution >= 4 is 23.7 Å². The minimum atomic E-state index is -0.752. The van der Waals surface area contributed by atoms with E-state index in [1.54, 1.807) is 18.3 Å². The third kappa shape index (κ3) is 4.90. The molecule has 4 rings (SSSR count). The molecule has 0 aromatic heterocycles. The van der Waals surface area contributed by atoms with Crippen molar-refractivity contribution in [1.82, 2.24) is 5.43 Å². The third-order valence-corrected chi connectivity index (χ3v) is 4.79. The van der Waals surface area contributed by atoms with E-state index in [0.29, 0.717) is 28.9 Å². The van der Waals surface area contributed by atoms with E-state index in [9.17, 15) is 4.79 Å². The number of hydrogen-bond acceptors (Lipinski definition) is 5. The molecule has 6 nitrogen and oxygen atoms in total. The monoisotopic (exact) mass is 422 g/mol. The first-order chi connectivity index (χ1) is 14.7. The second kappa shape index (κ2) is 9.33. The second-order valence-corrected chi connectivity index (χ2v) is 6.95. The highest BCUT2D eigenvalue weighted by Gasteiger charge is 2.26. The highest BCUT2D eigenvalue weighted by Crippen LogP contribution is 2.30. The Morgan fingerprint density at radius 2 is 1.80 bits per heavy atom. The molecule has 1 aliphatic heterocycles. The largest absolute Gasteiger partial charge is 0.489 e. The van der Waals surface area contributed by atoms with Crippen LogP contribution in [0, 0.1) is 0 Å². The van der Waals surface area contributed by atoms with Crippen molar-refractivity contribution in [2.75, 3.05) is 6.61 Å². The van der Waals surface area contributed by atoms with Crippen LogP contribution in [0.4, 0.5) is 0 Å². The summed E-state index contributed by atoms with van der Waals surface area (Å²) in [4.78, 5) is 12.2. The van der Waals surface area contributed by atoms with Gasteiger partial charge in [-0.25, -0.2) is 5.43 Å². The van der Waals surface area contributed by atoms with E-state index in [0.717, 1.165) is 11.1 Å². The normalized spacial score (nSPS) is 15.0. The van der Waals surface area contributed by atoms with Gasteiger partial charge in [0.05, 0.1) is 6.21 Å². The van der Waals surface area contributed by atoms with E-state index in [4.69, 9.17) is 25.8 Å². The van der Waals surface area contributed by atoms with Crippen LogP contribution in [-0.4, -0.2) is 24.8 Å². The SMILES string of the molecule is O=C(N/N=C\c1ccc(OCc2ccccc2Cl)cc1)[C@H]1COc2ccccc2O1. The van der Waals surface area contributed by atoms with Crippen molar-refractivity contribution in [2.24, 2.45) is 5.10 Å². The number of benzene rings is 3. The van der Waals surface area contributed by atoms with Gasteiger partial charge in [-0.05, 0) is 48.0 Å². The van der Waals surface area contributed by atoms with Crippen molar-refractivity contribution in [3.8, 4) is 17.2 Å². The summed E-state index contributed by atoms with van der Waals surface area (Å²) in [5.74, 6) is 1.50. The number of ether oxygens (including phenoxy) is 3. The molecular weight excluding hydrogens is 404 g/mol. The van der Waals surface area contributed by atoms with Gasteiger partial charge in [0.15, 0.2) is 11.5 Å². The number of hydrogen-bond donors (Lipinski definition) is 1. The van der Waals surface area contributed by atoms with Crippen molar-refractivity contribution in [3.05, 3.63) is 88.9 Å². The number of nitrogens with zero attached hydrogens (tertiary/aromatic N) is 1. The summed E-state index contributed by atoms with van der Waals surface area (Å²) in [5, 5.41) is 4.66. The van der Waals surface area contributed by atoms with Crippen molar-refractivity contribution in [3.63, 3.8) is 0 Å². The molecule has 1 heterocycles. The maximum absolute atomic E-state index is 12.2. The average Bonchev–Trinajstić information content (AvgIpc) is 2.79. The first kappa shape index (κ1) is 19.8. The second-order valence-electron chi connectivity index (χ2n) is 6.55. The predicted octanol–water partition coefficient (Wildman–Crippen LogP) is 4.21. The zero-order valence-corrected chi connectivity index (χ0v) is 16.7. The van der Waals surface area contributed by atoms with Gasteiger partial charge in [-0.2, -0.15) is 5.10 Å². The number of carbonyl (C=O) groups is 1. The lowest BCUT2D eigenvalue weighted by Gasteiger charge is -2.24. The number of halogens is 1. The fourth-order valence-corrected chi connectivity index (χ4v) is 3.01. The molecule has 3 aromatic carbocycles. The van der Waals surface area contributed by atoms with Gasteiger partial charge in [-0.15, -0.1) is 0 Å². The van der Waals surface area contributed by atoms with Gasteiger partial charge >= 0.3 is 0 Å². The van der Waals surface area contributed by atoms with E-state index in [1.165, 1.54) is 0 Å². The first-order valence-corrected chi connectivity index (χ1v) is 9.74. The highest BCUT2D eigenvalue weighted by molar-refractivity contribution is 6.31. The topological polar surface area (TPSA) is 69.2 Å². The number of hydrazone groups is 1. The van der Waals surface area contributed by atoms with Crippen LogP contribution in [0.15, 0.2) is 77.9 Å². The Morgan fingerprint density at radius 3 is 2.60 bits per heavy atom. The fourth-order valence-electron chi connectivity index (χ4n) is 2.82. The summed E-state index contributed by atoms with van der Waals surface area (Å²) in [5.41, 5.74) is 4.21. The van der Waals surface area contributed by atoms with Crippen LogP contribution in [-0.2, 0) is 11.4 Å². The van der Waals surface area contributed by atoms with E-state index >= 15 is 0 Å². The fraction of sp³-hybridized carbons (Fsp3) is 0.130. The van der Waals surface area contributed by atoms with Crippen LogP contribution in [0.25, 0.3) is 0 Å². The Bertz CT molecular complexity index is 1050. The number of carbonyl (C=O) groups excluding carboxylic acids is 1. The molecule has 3 aromatic rings.